The number of benzene rings is 1. The molecule has 0 unspecified atom stereocenters. The number of aromatic nitrogens is 5. The lowest BCUT2D eigenvalue weighted by atomic mass is 10.2. The molecule has 7 nitrogen and oxygen atoms in total. The molecule has 0 atom stereocenters. The van der Waals surface area contributed by atoms with E-state index in [9.17, 15) is 0 Å². The van der Waals surface area contributed by atoms with Gasteiger partial charge in [-0.25, -0.2) is 9.97 Å². The van der Waals surface area contributed by atoms with Crippen LogP contribution in [-0.4, -0.2) is 24.7 Å². The Balaban J connectivity index is 1.60. The van der Waals surface area contributed by atoms with Crippen molar-refractivity contribution >= 4 is 0 Å². The van der Waals surface area contributed by atoms with Crippen LogP contribution in [0.15, 0.2) is 57.9 Å². The van der Waals surface area contributed by atoms with Crippen molar-refractivity contribution in [1.82, 2.24) is 24.7 Å². The van der Waals surface area contributed by atoms with Crippen molar-refractivity contribution in [3.63, 3.8) is 0 Å². The van der Waals surface area contributed by atoms with E-state index in [2.05, 4.69) is 20.1 Å². The first-order chi connectivity index (χ1) is 12.2. The predicted octanol–water partition coefficient (Wildman–Crippen LogP) is 3.76. The average molecular weight is 335 g/mol. The van der Waals surface area contributed by atoms with Gasteiger partial charge in [-0.05, 0) is 12.1 Å². The third-order valence-corrected chi connectivity index (χ3v) is 3.76. The van der Waals surface area contributed by atoms with Crippen molar-refractivity contribution in [1.29, 1.82) is 0 Å². The Labute approximate surface area is 144 Å². The third-order valence-electron chi connectivity index (χ3n) is 3.76. The molecule has 126 valence electrons. The Morgan fingerprint density at radius 1 is 1.12 bits per heavy atom. The lowest BCUT2D eigenvalue weighted by molar-refractivity contribution is 0.360. The maximum Gasteiger partial charge on any atom is 0.229 e. The van der Waals surface area contributed by atoms with E-state index in [0.717, 1.165) is 5.56 Å². The lowest BCUT2D eigenvalue weighted by Gasteiger charge is -2.01. The van der Waals surface area contributed by atoms with Crippen LogP contribution < -0.4 is 0 Å². The van der Waals surface area contributed by atoms with Gasteiger partial charge in [0.25, 0.3) is 0 Å². The standard InChI is InChI=1S/C18H17N5O2/c1-12(2)17-21-15(22-25-17)10-23-9-8-19-16(23)14-11-24-18(20-14)13-6-4-3-5-7-13/h3-9,11-12H,10H2,1-2H3. The van der Waals surface area contributed by atoms with Crippen LogP contribution in [0.1, 0.15) is 31.5 Å². The molecule has 0 radical (unpaired) electrons. The van der Waals surface area contributed by atoms with Crippen LogP contribution in [0.4, 0.5) is 0 Å². The Kier molecular flexibility index (Phi) is 3.89. The Morgan fingerprint density at radius 2 is 1.96 bits per heavy atom. The second-order valence-corrected chi connectivity index (χ2v) is 5.99. The average Bonchev–Trinajstić information content (AvgIpc) is 3.36. The first-order valence-corrected chi connectivity index (χ1v) is 8.05. The zero-order valence-corrected chi connectivity index (χ0v) is 14.0. The normalized spacial score (nSPS) is 11.3. The minimum Gasteiger partial charge on any atom is -0.444 e. The van der Waals surface area contributed by atoms with Crippen LogP contribution >= 0.6 is 0 Å². The Morgan fingerprint density at radius 3 is 2.72 bits per heavy atom. The minimum atomic E-state index is 0.201. The largest absolute Gasteiger partial charge is 0.444 e. The summed E-state index contributed by atoms with van der Waals surface area (Å²) in [6, 6.07) is 9.76. The van der Waals surface area contributed by atoms with Gasteiger partial charge < -0.3 is 13.5 Å². The summed E-state index contributed by atoms with van der Waals surface area (Å²) in [7, 11) is 0. The number of imidazole rings is 1. The molecular formula is C18H17N5O2. The second-order valence-electron chi connectivity index (χ2n) is 5.99. The van der Waals surface area contributed by atoms with Gasteiger partial charge in [0.1, 0.15) is 12.0 Å². The summed E-state index contributed by atoms with van der Waals surface area (Å²) in [5.41, 5.74) is 1.59. The van der Waals surface area contributed by atoms with Crippen molar-refractivity contribution in [2.75, 3.05) is 0 Å². The van der Waals surface area contributed by atoms with E-state index in [-0.39, 0.29) is 5.92 Å². The molecule has 0 N–H and O–H groups in total. The van der Waals surface area contributed by atoms with Crippen molar-refractivity contribution in [2.45, 2.75) is 26.3 Å². The molecule has 4 rings (SSSR count). The number of rotatable bonds is 5. The summed E-state index contributed by atoms with van der Waals surface area (Å²) in [5.74, 6) is 2.69. The number of hydrogen-bond donors (Lipinski definition) is 0. The van der Waals surface area contributed by atoms with Crippen LogP contribution in [-0.2, 0) is 6.54 Å². The number of hydrogen-bond acceptors (Lipinski definition) is 6. The van der Waals surface area contributed by atoms with Gasteiger partial charge in [0.05, 0.1) is 6.54 Å². The highest BCUT2D eigenvalue weighted by Gasteiger charge is 2.15. The predicted molar refractivity (Wildman–Crippen MR) is 90.6 cm³/mol. The van der Waals surface area contributed by atoms with E-state index < -0.39 is 0 Å². The van der Waals surface area contributed by atoms with Gasteiger partial charge in [-0.1, -0.05) is 37.2 Å². The highest BCUT2D eigenvalue weighted by molar-refractivity contribution is 5.58. The van der Waals surface area contributed by atoms with Gasteiger partial charge in [-0.2, -0.15) is 4.98 Å². The molecule has 0 fully saturated rings. The molecule has 0 spiro atoms. The van der Waals surface area contributed by atoms with Crippen LogP contribution in [0, 0.1) is 0 Å². The fourth-order valence-corrected chi connectivity index (χ4v) is 2.48. The Hall–Kier alpha value is -3.22. The molecule has 0 aliphatic carbocycles. The zero-order chi connectivity index (χ0) is 17.2. The summed E-state index contributed by atoms with van der Waals surface area (Å²) in [5, 5.41) is 4.02. The summed E-state index contributed by atoms with van der Waals surface area (Å²) >= 11 is 0. The van der Waals surface area contributed by atoms with E-state index in [0.29, 0.717) is 35.7 Å². The lowest BCUT2D eigenvalue weighted by Crippen LogP contribution is -2.03. The molecule has 0 saturated heterocycles. The molecule has 0 amide bonds. The van der Waals surface area contributed by atoms with Gasteiger partial charge >= 0.3 is 0 Å². The topological polar surface area (TPSA) is 82.8 Å². The first-order valence-electron chi connectivity index (χ1n) is 8.05. The first kappa shape index (κ1) is 15.3. The molecule has 0 aliphatic rings. The van der Waals surface area contributed by atoms with E-state index in [1.165, 1.54) is 0 Å². The quantitative estimate of drug-likeness (QED) is 0.552. The molecule has 0 aliphatic heterocycles. The monoisotopic (exact) mass is 335 g/mol. The molecule has 4 aromatic rings. The maximum absolute atomic E-state index is 5.60. The van der Waals surface area contributed by atoms with Crippen molar-refractivity contribution in [3.8, 4) is 23.0 Å². The van der Waals surface area contributed by atoms with Crippen LogP contribution in [0.5, 0.6) is 0 Å². The highest BCUT2D eigenvalue weighted by atomic mass is 16.5. The van der Waals surface area contributed by atoms with Crippen molar-refractivity contribution in [3.05, 3.63) is 60.7 Å². The van der Waals surface area contributed by atoms with Crippen LogP contribution in [0.25, 0.3) is 23.0 Å². The molecular weight excluding hydrogens is 318 g/mol. The fourth-order valence-electron chi connectivity index (χ4n) is 2.48. The molecule has 0 saturated carbocycles. The molecule has 3 heterocycles. The number of oxazole rings is 1. The van der Waals surface area contributed by atoms with Gasteiger partial charge in [0.15, 0.2) is 11.6 Å². The van der Waals surface area contributed by atoms with E-state index >= 15 is 0 Å². The van der Waals surface area contributed by atoms with E-state index in [1.54, 1.807) is 12.5 Å². The molecule has 7 heteroatoms. The highest BCUT2D eigenvalue weighted by Crippen LogP contribution is 2.24. The zero-order valence-electron chi connectivity index (χ0n) is 14.0. The summed E-state index contributed by atoms with van der Waals surface area (Å²) < 4.78 is 12.8. The van der Waals surface area contributed by atoms with Gasteiger partial charge in [0, 0.05) is 23.9 Å². The summed E-state index contributed by atoms with van der Waals surface area (Å²) in [6.07, 6.45) is 5.18. The minimum absolute atomic E-state index is 0.201. The van der Waals surface area contributed by atoms with Crippen molar-refractivity contribution < 1.29 is 8.94 Å². The van der Waals surface area contributed by atoms with Crippen LogP contribution in [0.3, 0.4) is 0 Å². The van der Waals surface area contributed by atoms with Gasteiger partial charge in [-0.3, -0.25) is 0 Å². The van der Waals surface area contributed by atoms with Crippen LogP contribution in [0.2, 0.25) is 0 Å². The van der Waals surface area contributed by atoms with E-state index in [1.807, 2.05) is 54.9 Å². The maximum atomic E-state index is 5.60. The molecule has 1 aromatic carbocycles. The van der Waals surface area contributed by atoms with Gasteiger partial charge in [-0.15, -0.1) is 0 Å². The third kappa shape index (κ3) is 3.08. The smallest absolute Gasteiger partial charge is 0.229 e. The molecule has 3 aromatic heterocycles. The molecule has 25 heavy (non-hydrogen) atoms. The SMILES string of the molecule is CC(C)c1nc(Cn2ccnc2-c2coc(-c3ccccc3)n2)no1. The van der Waals surface area contributed by atoms with Gasteiger partial charge in [0.2, 0.25) is 11.8 Å². The fraction of sp³-hybridized carbons (Fsp3) is 0.222. The Bertz CT molecular complexity index is 968. The molecule has 0 bridgehead atoms. The summed E-state index contributed by atoms with van der Waals surface area (Å²) in [6.45, 7) is 4.49. The summed E-state index contributed by atoms with van der Waals surface area (Å²) in [4.78, 5) is 13.3. The second kappa shape index (κ2) is 6.35. The van der Waals surface area contributed by atoms with Crippen molar-refractivity contribution in [2.24, 2.45) is 0 Å². The van der Waals surface area contributed by atoms with E-state index in [4.69, 9.17) is 8.94 Å². The number of nitrogens with zero attached hydrogens (tertiary/aromatic N) is 5.